The van der Waals surface area contributed by atoms with Crippen LogP contribution in [0.5, 0.6) is 17.2 Å². The summed E-state index contributed by atoms with van der Waals surface area (Å²) in [6.07, 6.45) is 0. The molecule has 4 aromatic rings. The third-order valence-corrected chi connectivity index (χ3v) is 5.13. The van der Waals surface area contributed by atoms with Crippen molar-refractivity contribution in [3.05, 3.63) is 86.7 Å². The van der Waals surface area contributed by atoms with Crippen molar-refractivity contribution in [2.24, 2.45) is 0 Å². The van der Waals surface area contributed by atoms with Crippen molar-refractivity contribution in [3.8, 4) is 28.6 Å². The maximum atomic E-state index is 13.3. The maximum Gasteiger partial charge on any atom is 0.364 e. The fraction of sp³-hybridized carbons (Fsp3) is 0.125. The first kappa shape index (κ1) is 23.2. The first-order valence-corrected chi connectivity index (χ1v) is 10.2. The predicted molar refractivity (Wildman–Crippen MR) is 125 cm³/mol. The summed E-state index contributed by atoms with van der Waals surface area (Å²) in [4.78, 5) is 46.9. The lowest BCUT2D eigenvalue weighted by Gasteiger charge is -2.14. The Kier molecular flexibility index (Phi) is 6.32. The van der Waals surface area contributed by atoms with E-state index >= 15 is 0 Å². The molecule has 11 nitrogen and oxygen atoms in total. The van der Waals surface area contributed by atoms with Gasteiger partial charge >= 0.3 is 11.7 Å². The molecule has 0 radical (unpaired) electrons. The summed E-state index contributed by atoms with van der Waals surface area (Å²) in [5.74, 6) is -0.190. The number of para-hydroxylation sites is 1. The molecule has 0 bridgehead atoms. The second kappa shape index (κ2) is 9.51. The van der Waals surface area contributed by atoms with Crippen molar-refractivity contribution < 1.29 is 28.8 Å². The monoisotopic (exact) mass is 477 g/mol. The van der Waals surface area contributed by atoms with E-state index in [1.165, 1.54) is 33.5 Å². The minimum Gasteiger partial charge on any atom is -0.497 e. The van der Waals surface area contributed by atoms with Crippen LogP contribution in [0.15, 0.2) is 65.5 Å². The highest BCUT2D eigenvalue weighted by Gasteiger charge is 2.22. The molecule has 0 aliphatic carbocycles. The molecule has 0 unspecified atom stereocenters. The van der Waals surface area contributed by atoms with E-state index in [-0.39, 0.29) is 22.5 Å². The molecule has 0 amide bonds. The Morgan fingerprint density at radius 2 is 1.63 bits per heavy atom. The molecule has 178 valence electrons. The number of carbonyl (C=O) groups excluding carboxylic acids is 1. The van der Waals surface area contributed by atoms with E-state index in [0.29, 0.717) is 22.6 Å². The number of hydrogen-bond donors (Lipinski definition) is 0. The van der Waals surface area contributed by atoms with E-state index in [4.69, 9.17) is 19.0 Å². The van der Waals surface area contributed by atoms with Gasteiger partial charge in [0, 0.05) is 17.7 Å². The quantitative estimate of drug-likeness (QED) is 0.290. The number of methoxy groups -OCH3 is 3. The number of carbonyl (C=O) groups is 1. The lowest BCUT2D eigenvalue weighted by Crippen LogP contribution is -2.33. The summed E-state index contributed by atoms with van der Waals surface area (Å²) in [7, 11) is 4.21. The minimum absolute atomic E-state index is 0.00209. The number of aromatic nitrogens is 2. The van der Waals surface area contributed by atoms with Gasteiger partial charge in [0.25, 0.3) is 5.56 Å². The average Bonchev–Trinajstić information content (AvgIpc) is 2.89. The largest absolute Gasteiger partial charge is 0.497 e. The molecule has 0 saturated heterocycles. The Bertz CT molecular complexity index is 1490. The molecule has 4 rings (SSSR count). The summed E-state index contributed by atoms with van der Waals surface area (Å²) >= 11 is 0. The Morgan fingerprint density at radius 1 is 0.943 bits per heavy atom. The van der Waals surface area contributed by atoms with Crippen molar-refractivity contribution in [1.82, 2.24) is 9.71 Å². The molecule has 11 heteroatoms. The van der Waals surface area contributed by atoms with Gasteiger partial charge in [0.2, 0.25) is 0 Å². The third kappa shape index (κ3) is 4.47. The zero-order valence-electron chi connectivity index (χ0n) is 18.9. The highest BCUT2D eigenvalue weighted by Crippen LogP contribution is 2.30. The van der Waals surface area contributed by atoms with Gasteiger partial charge < -0.3 is 19.0 Å². The highest BCUT2D eigenvalue weighted by molar-refractivity contribution is 5.91. The van der Waals surface area contributed by atoms with Crippen LogP contribution in [0.3, 0.4) is 0 Å². The van der Waals surface area contributed by atoms with E-state index in [2.05, 4.69) is 4.98 Å². The van der Waals surface area contributed by atoms with Crippen LogP contribution < -0.4 is 24.6 Å². The Hall–Kier alpha value is -4.93. The summed E-state index contributed by atoms with van der Waals surface area (Å²) in [5, 5.41) is 11.6. The fourth-order valence-corrected chi connectivity index (χ4v) is 3.42. The molecule has 35 heavy (non-hydrogen) atoms. The zero-order valence-corrected chi connectivity index (χ0v) is 18.9. The standard InChI is InChI=1S/C24H19N3O8/c1-32-16-10-15(11-17(13-16)33-2)22-25-19-7-5-4-6-18(19)23(28)26(22)35-24(29)14-8-9-21(34-3)20(12-14)27(30)31/h4-13H,1-3H3. The average molecular weight is 477 g/mol. The Balaban J connectivity index is 1.88. The van der Waals surface area contributed by atoms with E-state index in [1.54, 1.807) is 42.5 Å². The van der Waals surface area contributed by atoms with E-state index < -0.39 is 22.1 Å². The number of hydrogen-bond acceptors (Lipinski definition) is 9. The fourth-order valence-electron chi connectivity index (χ4n) is 3.42. The molecular weight excluding hydrogens is 458 g/mol. The smallest absolute Gasteiger partial charge is 0.364 e. The molecule has 0 fully saturated rings. The van der Waals surface area contributed by atoms with Gasteiger partial charge in [-0.25, -0.2) is 9.78 Å². The number of nitro groups is 1. The van der Waals surface area contributed by atoms with E-state index in [9.17, 15) is 19.7 Å². The van der Waals surface area contributed by atoms with Crippen molar-refractivity contribution in [2.75, 3.05) is 21.3 Å². The number of fused-ring (bicyclic) bond motifs is 1. The van der Waals surface area contributed by atoms with Gasteiger partial charge in [0.05, 0.1) is 42.7 Å². The van der Waals surface area contributed by atoms with Crippen LogP contribution in [-0.2, 0) is 0 Å². The second-order valence-electron chi connectivity index (χ2n) is 7.18. The topological polar surface area (TPSA) is 132 Å². The van der Waals surface area contributed by atoms with Gasteiger partial charge in [0.1, 0.15) is 11.5 Å². The first-order valence-electron chi connectivity index (χ1n) is 10.2. The van der Waals surface area contributed by atoms with Gasteiger partial charge in [-0.3, -0.25) is 14.9 Å². The Morgan fingerprint density at radius 3 is 2.26 bits per heavy atom. The molecule has 0 N–H and O–H groups in total. The molecule has 0 aliphatic rings. The van der Waals surface area contributed by atoms with Crippen molar-refractivity contribution >= 4 is 22.6 Å². The number of nitro benzene ring substituents is 1. The SMILES string of the molecule is COc1cc(OC)cc(-c2nc3ccccc3c(=O)n2OC(=O)c2ccc(OC)c([N+](=O)[O-])c2)c1. The van der Waals surface area contributed by atoms with Gasteiger partial charge in [-0.1, -0.05) is 12.1 Å². The van der Waals surface area contributed by atoms with E-state index in [1.807, 2.05) is 0 Å². The van der Waals surface area contributed by atoms with Crippen LogP contribution in [0.25, 0.3) is 22.3 Å². The van der Waals surface area contributed by atoms with Crippen LogP contribution in [-0.4, -0.2) is 41.9 Å². The molecule has 1 aromatic heterocycles. The van der Waals surface area contributed by atoms with E-state index in [0.717, 1.165) is 10.8 Å². The number of ether oxygens (including phenoxy) is 3. The lowest BCUT2D eigenvalue weighted by molar-refractivity contribution is -0.385. The van der Waals surface area contributed by atoms with Crippen LogP contribution in [0.4, 0.5) is 5.69 Å². The molecule has 0 spiro atoms. The van der Waals surface area contributed by atoms with Crippen molar-refractivity contribution in [2.45, 2.75) is 0 Å². The zero-order chi connectivity index (χ0) is 25.1. The van der Waals surface area contributed by atoms with Crippen LogP contribution in [0.1, 0.15) is 10.4 Å². The molecule has 1 heterocycles. The Labute approximate surface area is 198 Å². The van der Waals surface area contributed by atoms with Crippen LogP contribution in [0.2, 0.25) is 0 Å². The number of benzene rings is 3. The van der Waals surface area contributed by atoms with Gasteiger partial charge in [-0.2, -0.15) is 0 Å². The lowest BCUT2D eigenvalue weighted by atomic mass is 10.1. The maximum absolute atomic E-state index is 13.3. The summed E-state index contributed by atoms with van der Waals surface area (Å²) in [5.41, 5.74) is -0.488. The second-order valence-corrected chi connectivity index (χ2v) is 7.18. The van der Waals surface area contributed by atoms with Crippen molar-refractivity contribution in [1.29, 1.82) is 0 Å². The van der Waals surface area contributed by atoms with Gasteiger partial charge in [-0.15, -0.1) is 4.73 Å². The van der Waals surface area contributed by atoms with Gasteiger partial charge in [-0.05, 0) is 36.4 Å². The molecule has 0 saturated carbocycles. The minimum atomic E-state index is -1.01. The molecular formula is C24H19N3O8. The summed E-state index contributed by atoms with van der Waals surface area (Å²) < 4.78 is 16.3. The van der Waals surface area contributed by atoms with Crippen LogP contribution >= 0.6 is 0 Å². The summed E-state index contributed by atoms with van der Waals surface area (Å²) in [6, 6.07) is 15.0. The molecule has 0 aliphatic heterocycles. The predicted octanol–water partition coefficient (Wildman–Crippen LogP) is 3.27. The summed E-state index contributed by atoms with van der Waals surface area (Å²) in [6.45, 7) is 0. The molecule has 0 atom stereocenters. The number of nitrogens with zero attached hydrogens (tertiary/aromatic N) is 3. The van der Waals surface area contributed by atoms with Crippen molar-refractivity contribution in [3.63, 3.8) is 0 Å². The normalized spacial score (nSPS) is 10.6. The van der Waals surface area contributed by atoms with Crippen LogP contribution in [0, 0.1) is 10.1 Å². The highest BCUT2D eigenvalue weighted by atomic mass is 16.7. The van der Waals surface area contributed by atoms with Gasteiger partial charge in [0.15, 0.2) is 11.6 Å². The molecule has 3 aromatic carbocycles. The first-order chi connectivity index (χ1) is 16.9. The number of rotatable bonds is 7. The third-order valence-electron chi connectivity index (χ3n) is 5.13.